The molecule has 0 saturated heterocycles. The average Bonchev–Trinajstić information content (AvgIpc) is 2.46. The van der Waals surface area contributed by atoms with Crippen LogP contribution >= 0.6 is 27.7 Å². The van der Waals surface area contributed by atoms with Crippen molar-refractivity contribution in [2.24, 2.45) is 0 Å². The maximum absolute atomic E-state index is 13.6. The van der Waals surface area contributed by atoms with Gasteiger partial charge in [-0.05, 0) is 18.2 Å². The second-order valence-corrected chi connectivity index (χ2v) is 5.60. The predicted molar refractivity (Wildman–Crippen MR) is 81.7 cm³/mol. The van der Waals surface area contributed by atoms with E-state index in [9.17, 15) is 4.39 Å². The Morgan fingerprint density at radius 2 is 1.84 bits per heavy atom. The van der Waals surface area contributed by atoms with Gasteiger partial charge in [0.1, 0.15) is 0 Å². The molecule has 0 N–H and O–H groups in total. The highest BCUT2D eigenvalue weighted by molar-refractivity contribution is 9.08. The Morgan fingerprint density at radius 1 is 1.05 bits per heavy atom. The maximum Gasteiger partial charge on any atom is 0.165 e. The van der Waals surface area contributed by atoms with Crippen LogP contribution in [0.3, 0.4) is 0 Å². The van der Waals surface area contributed by atoms with E-state index in [-0.39, 0.29) is 5.82 Å². The Kier molecular flexibility index (Phi) is 5.73. The minimum absolute atomic E-state index is 0.304. The minimum Gasteiger partial charge on any atom is -0.489 e. The van der Waals surface area contributed by atoms with E-state index in [1.807, 2.05) is 24.3 Å². The smallest absolute Gasteiger partial charge is 0.165 e. The molecule has 0 aliphatic rings. The lowest BCUT2D eigenvalue weighted by Crippen LogP contribution is -2.03. The van der Waals surface area contributed by atoms with Crippen LogP contribution in [-0.4, -0.2) is 12.4 Å². The molecule has 0 amide bonds. The number of halogens is 2. The van der Waals surface area contributed by atoms with Crippen LogP contribution in [0.2, 0.25) is 0 Å². The summed E-state index contributed by atoms with van der Waals surface area (Å²) >= 11 is 5.04. The highest BCUT2D eigenvalue weighted by Crippen LogP contribution is 2.25. The molecule has 0 radical (unpaired) electrons. The number of hydrogen-bond donors (Lipinski definition) is 0. The van der Waals surface area contributed by atoms with E-state index in [2.05, 4.69) is 28.1 Å². The quantitative estimate of drug-likeness (QED) is 0.420. The number of hydrogen-bond acceptors (Lipinski definition) is 2. The lowest BCUT2D eigenvalue weighted by atomic mass is 10.2. The monoisotopic (exact) mass is 340 g/mol. The van der Waals surface area contributed by atoms with Gasteiger partial charge in [0.15, 0.2) is 11.6 Å². The van der Waals surface area contributed by atoms with Gasteiger partial charge < -0.3 is 4.74 Å². The summed E-state index contributed by atoms with van der Waals surface area (Å²) in [7, 11) is 0. The van der Waals surface area contributed by atoms with Crippen molar-refractivity contribution in [3.8, 4) is 5.75 Å². The van der Waals surface area contributed by atoms with Crippen LogP contribution in [0.1, 0.15) is 5.56 Å². The zero-order valence-corrected chi connectivity index (χ0v) is 12.7. The first-order chi connectivity index (χ1) is 9.31. The maximum atomic E-state index is 13.6. The van der Waals surface area contributed by atoms with Crippen LogP contribution in [-0.2, 0) is 5.33 Å². The van der Waals surface area contributed by atoms with Crippen molar-refractivity contribution in [3.63, 3.8) is 0 Å². The van der Waals surface area contributed by atoms with Crippen molar-refractivity contribution in [2.45, 2.75) is 10.2 Å². The molecule has 0 saturated carbocycles. The van der Waals surface area contributed by atoms with Gasteiger partial charge in [-0.3, -0.25) is 0 Å². The normalized spacial score (nSPS) is 10.4. The van der Waals surface area contributed by atoms with E-state index in [1.165, 1.54) is 11.0 Å². The number of thioether (sulfide) groups is 1. The predicted octanol–water partition coefficient (Wildman–Crippen LogP) is 4.89. The number of ether oxygens (including phenoxy) is 1. The average molecular weight is 341 g/mol. The standard InChI is InChI=1S/C15H14BrFOS/c16-11-12-5-4-8-14(17)15(12)18-9-10-19-13-6-2-1-3-7-13/h1-8H,9-11H2. The molecule has 2 rings (SSSR count). The Bertz CT molecular complexity index is 519. The minimum atomic E-state index is -0.304. The van der Waals surface area contributed by atoms with Crippen molar-refractivity contribution in [3.05, 3.63) is 59.9 Å². The Labute approximate surface area is 125 Å². The first kappa shape index (κ1) is 14.4. The van der Waals surface area contributed by atoms with Crippen molar-refractivity contribution in [1.29, 1.82) is 0 Å². The van der Waals surface area contributed by atoms with E-state index in [0.29, 0.717) is 17.7 Å². The van der Waals surface area contributed by atoms with Gasteiger partial charge in [-0.25, -0.2) is 4.39 Å². The molecule has 0 heterocycles. The summed E-state index contributed by atoms with van der Waals surface area (Å²) in [6.45, 7) is 0.487. The second-order valence-electron chi connectivity index (χ2n) is 3.87. The molecule has 0 unspecified atom stereocenters. The summed E-state index contributed by atoms with van der Waals surface area (Å²) in [4.78, 5) is 1.19. The third kappa shape index (κ3) is 4.25. The van der Waals surface area contributed by atoms with Gasteiger partial charge >= 0.3 is 0 Å². The van der Waals surface area contributed by atoms with Crippen molar-refractivity contribution >= 4 is 27.7 Å². The van der Waals surface area contributed by atoms with Crippen molar-refractivity contribution < 1.29 is 9.13 Å². The number of alkyl halides is 1. The molecular formula is C15H14BrFOS. The zero-order valence-electron chi connectivity index (χ0n) is 10.3. The second kappa shape index (κ2) is 7.56. The lowest BCUT2D eigenvalue weighted by molar-refractivity contribution is 0.322. The fourth-order valence-electron chi connectivity index (χ4n) is 1.64. The van der Waals surface area contributed by atoms with Crippen molar-refractivity contribution in [2.75, 3.05) is 12.4 Å². The van der Waals surface area contributed by atoms with Gasteiger partial charge in [-0.15, -0.1) is 11.8 Å². The van der Waals surface area contributed by atoms with E-state index >= 15 is 0 Å². The molecule has 0 aliphatic heterocycles. The van der Waals surface area contributed by atoms with E-state index in [4.69, 9.17) is 4.74 Å². The van der Waals surface area contributed by atoms with Crippen LogP contribution in [0.25, 0.3) is 0 Å². The largest absolute Gasteiger partial charge is 0.489 e. The van der Waals surface area contributed by atoms with Gasteiger partial charge in [-0.2, -0.15) is 0 Å². The molecule has 0 spiro atoms. The molecule has 4 heteroatoms. The fraction of sp³-hybridized carbons (Fsp3) is 0.200. The van der Waals surface area contributed by atoms with E-state index in [0.717, 1.165) is 11.3 Å². The Balaban J connectivity index is 1.86. The first-order valence-corrected chi connectivity index (χ1v) is 8.06. The Hall–Kier alpha value is -1.00. The molecule has 0 aromatic heterocycles. The molecule has 19 heavy (non-hydrogen) atoms. The van der Waals surface area contributed by atoms with Crippen LogP contribution in [0.4, 0.5) is 4.39 Å². The van der Waals surface area contributed by atoms with E-state index in [1.54, 1.807) is 17.8 Å². The van der Waals surface area contributed by atoms with Gasteiger partial charge in [-0.1, -0.05) is 46.3 Å². The number of para-hydroxylation sites is 1. The lowest BCUT2D eigenvalue weighted by Gasteiger charge is -2.10. The summed E-state index contributed by atoms with van der Waals surface area (Å²) in [5.74, 6) is 0.842. The number of benzene rings is 2. The topological polar surface area (TPSA) is 9.23 Å². The molecule has 0 bridgehead atoms. The van der Waals surface area contributed by atoms with Gasteiger partial charge in [0, 0.05) is 21.5 Å². The molecule has 2 aromatic rings. The van der Waals surface area contributed by atoms with Crippen molar-refractivity contribution in [1.82, 2.24) is 0 Å². The van der Waals surface area contributed by atoms with E-state index < -0.39 is 0 Å². The highest BCUT2D eigenvalue weighted by atomic mass is 79.9. The third-order valence-corrected chi connectivity index (χ3v) is 4.11. The van der Waals surface area contributed by atoms with Gasteiger partial charge in [0.2, 0.25) is 0 Å². The fourth-order valence-corrected chi connectivity index (χ4v) is 2.83. The molecular weight excluding hydrogens is 327 g/mol. The molecule has 0 atom stereocenters. The van der Waals surface area contributed by atoms with Gasteiger partial charge in [0.05, 0.1) is 6.61 Å². The highest BCUT2D eigenvalue weighted by Gasteiger charge is 2.08. The molecule has 0 aliphatic carbocycles. The molecule has 2 aromatic carbocycles. The SMILES string of the molecule is Fc1cccc(CBr)c1OCCSc1ccccc1. The Morgan fingerprint density at radius 3 is 2.58 bits per heavy atom. The molecule has 100 valence electrons. The van der Waals surface area contributed by atoms with Gasteiger partial charge in [0.25, 0.3) is 0 Å². The zero-order chi connectivity index (χ0) is 13.5. The van der Waals surface area contributed by atoms with Crippen LogP contribution in [0.5, 0.6) is 5.75 Å². The number of rotatable bonds is 6. The summed E-state index contributed by atoms with van der Waals surface area (Å²) < 4.78 is 19.2. The van der Waals surface area contributed by atoms with Crippen LogP contribution in [0.15, 0.2) is 53.4 Å². The summed E-state index contributed by atoms with van der Waals surface area (Å²) in [5.41, 5.74) is 0.838. The summed E-state index contributed by atoms with van der Waals surface area (Å²) in [6.07, 6.45) is 0. The molecule has 0 fully saturated rings. The van der Waals surface area contributed by atoms with Crippen LogP contribution in [0, 0.1) is 5.82 Å². The summed E-state index contributed by atoms with van der Waals surface area (Å²) in [5, 5.41) is 0.589. The van der Waals surface area contributed by atoms with Crippen LogP contribution < -0.4 is 4.74 Å². The first-order valence-electron chi connectivity index (χ1n) is 5.95. The molecule has 1 nitrogen and oxygen atoms in total. The third-order valence-electron chi connectivity index (χ3n) is 2.53. The summed E-state index contributed by atoms with van der Waals surface area (Å²) in [6, 6.07) is 15.1.